The van der Waals surface area contributed by atoms with Crippen molar-refractivity contribution in [2.24, 2.45) is 5.73 Å². The van der Waals surface area contributed by atoms with Gasteiger partial charge in [0.1, 0.15) is 5.75 Å². The van der Waals surface area contributed by atoms with Crippen LogP contribution in [0.1, 0.15) is 10.4 Å². The Morgan fingerprint density at radius 3 is 2.44 bits per heavy atom. The summed E-state index contributed by atoms with van der Waals surface area (Å²) in [5.74, 6) is -0.0159. The molecule has 2 N–H and O–H groups in total. The van der Waals surface area contributed by atoms with Crippen molar-refractivity contribution < 1.29 is 26.5 Å². The maximum Gasteiger partial charge on any atom is 0.252 e. The Kier molecular flexibility index (Phi) is 4.68. The highest BCUT2D eigenvalue weighted by Crippen LogP contribution is 2.19. The van der Waals surface area contributed by atoms with Gasteiger partial charge in [0.2, 0.25) is 5.69 Å². The first-order valence-electron chi connectivity index (χ1n) is 5.17. The predicted molar refractivity (Wildman–Crippen MR) is 63.0 cm³/mol. The number of nitrogens with zero attached hydrogens (tertiary/aromatic N) is 1. The Hall–Kier alpha value is -2.07. The SMILES string of the molecule is COc1cc(-[n+]2ccccc2)ccc1C(N)=O.[Cl-]. The molecule has 0 bridgehead atoms. The minimum atomic E-state index is -0.494. The van der Waals surface area contributed by atoms with Crippen LogP contribution in [0.25, 0.3) is 5.69 Å². The number of methoxy groups -OCH3 is 1. The van der Waals surface area contributed by atoms with Crippen LogP contribution in [-0.2, 0) is 0 Å². The van der Waals surface area contributed by atoms with E-state index in [4.69, 9.17) is 10.5 Å². The van der Waals surface area contributed by atoms with Crippen LogP contribution in [0.3, 0.4) is 0 Å². The zero-order valence-electron chi connectivity index (χ0n) is 9.84. The van der Waals surface area contributed by atoms with Crippen LogP contribution in [0.4, 0.5) is 0 Å². The normalized spacial score (nSPS) is 9.39. The quantitative estimate of drug-likeness (QED) is 0.657. The summed E-state index contributed by atoms with van der Waals surface area (Å²) in [5, 5.41) is 0. The fraction of sp³-hybridized carbons (Fsp3) is 0.0769. The van der Waals surface area contributed by atoms with E-state index in [0.29, 0.717) is 11.3 Å². The van der Waals surface area contributed by atoms with Crippen molar-refractivity contribution in [1.29, 1.82) is 0 Å². The minimum Gasteiger partial charge on any atom is -1.00 e. The molecule has 0 radical (unpaired) electrons. The minimum absolute atomic E-state index is 0. The first kappa shape index (κ1) is 14.0. The fourth-order valence-corrected chi connectivity index (χ4v) is 1.61. The molecule has 0 saturated carbocycles. The van der Waals surface area contributed by atoms with Gasteiger partial charge in [-0.05, 0) is 6.07 Å². The summed E-state index contributed by atoms with van der Waals surface area (Å²) in [4.78, 5) is 11.2. The summed E-state index contributed by atoms with van der Waals surface area (Å²) in [6.45, 7) is 0. The average molecular weight is 265 g/mol. The van der Waals surface area contributed by atoms with E-state index in [1.54, 1.807) is 12.1 Å². The second kappa shape index (κ2) is 6.02. The van der Waals surface area contributed by atoms with E-state index in [9.17, 15) is 4.79 Å². The standard InChI is InChI=1S/C13H12N2O2.ClH/c1-17-12-9-10(5-6-11(12)13(14)16)15-7-3-2-4-8-15;/h2-9H,1H3,(H-,14,16);1H. The van der Waals surface area contributed by atoms with Gasteiger partial charge in [-0.1, -0.05) is 6.07 Å². The van der Waals surface area contributed by atoms with Gasteiger partial charge in [-0.25, -0.2) is 0 Å². The van der Waals surface area contributed by atoms with Gasteiger partial charge >= 0.3 is 0 Å². The van der Waals surface area contributed by atoms with E-state index in [-0.39, 0.29) is 12.4 Å². The van der Waals surface area contributed by atoms with Crippen molar-refractivity contribution in [3.8, 4) is 11.4 Å². The highest BCUT2D eigenvalue weighted by atomic mass is 35.5. The number of hydrogen-bond acceptors (Lipinski definition) is 2. The number of ether oxygens (including phenoxy) is 1. The highest BCUT2D eigenvalue weighted by Gasteiger charge is 2.13. The number of nitrogens with two attached hydrogens (primary N) is 1. The summed E-state index contributed by atoms with van der Waals surface area (Å²) in [5.41, 5.74) is 6.55. The number of benzene rings is 1. The van der Waals surface area contributed by atoms with Gasteiger partial charge in [0.05, 0.1) is 18.7 Å². The lowest BCUT2D eigenvalue weighted by atomic mass is 10.1. The molecule has 1 heterocycles. The molecular formula is C13H13ClN2O2. The smallest absolute Gasteiger partial charge is 0.252 e. The van der Waals surface area contributed by atoms with Gasteiger partial charge in [0.25, 0.3) is 5.91 Å². The Morgan fingerprint density at radius 1 is 1.22 bits per heavy atom. The van der Waals surface area contributed by atoms with E-state index in [2.05, 4.69) is 0 Å². The number of carbonyl (C=O) groups excluding carboxylic acids is 1. The van der Waals surface area contributed by atoms with Crippen molar-refractivity contribution in [3.63, 3.8) is 0 Å². The Morgan fingerprint density at radius 2 is 1.89 bits per heavy atom. The van der Waals surface area contributed by atoms with Gasteiger partial charge in [-0.15, -0.1) is 0 Å². The maximum absolute atomic E-state index is 11.2. The molecule has 18 heavy (non-hydrogen) atoms. The lowest BCUT2D eigenvalue weighted by Crippen LogP contribution is -3.00. The molecule has 2 aromatic rings. The second-order valence-electron chi connectivity index (χ2n) is 3.53. The molecule has 1 aromatic carbocycles. The number of halogens is 1. The number of pyridine rings is 1. The van der Waals surface area contributed by atoms with Crippen LogP contribution in [0.15, 0.2) is 48.8 Å². The van der Waals surface area contributed by atoms with Gasteiger partial charge < -0.3 is 22.9 Å². The zero-order valence-corrected chi connectivity index (χ0v) is 10.6. The Bertz CT molecular complexity index is 544. The average Bonchev–Trinajstić information content (AvgIpc) is 2.39. The van der Waals surface area contributed by atoms with Gasteiger partial charge in [0.15, 0.2) is 12.4 Å². The third-order valence-corrected chi connectivity index (χ3v) is 2.46. The topological polar surface area (TPSA) is 56.2 Å². The molecule has 0 aliphatic heterocycles. The summed E-state index contributed by atoms with van der Waals surface area (Å²) >= 11 is 0. The number of hydrogen-bond donors (Lipinski definition) is 1. The number of amides is 1. The molecule has 0 fully saturated rings. The number of carbonyl (C=O) groups is 1. The molecule has 0 aliphatic rings. The Labute approximate surface area is 111 Å². The van der Waals surface area contributed by atoms with Crippen molar-refractivity contribution in [2.45, 2.75) is 0 Å². The summed E-state index contributed by atoms with van der Waals surface area (Å²) < 4.78 is 7.08. The summed E-state index contributed by atoms with van der Waals surface area (Å²) in [6.07, 6.45) is 3.83. The van der Waals surface area contributed by atoms with Crippen LogP contribution in [0.5, 0.6) is 5.75 Å². The van der Waals surface area contributed by atoms with Crippen molar-refractivity contribution in [3.05, 3.63) is 54.4 Å². The van der Waals surface area contributed by atoms with Crippen molar-refractivity contribution >= 4 is 5.91 Å². The highest BCUT2D eigenvalue weighted by molar-refractivity contribution is 5.95. The van der Waals surface area contributed by atoms with Crippen LogP contribution >= 0.6 is 0 Å². The summed E-state index contributed by atoms with van der Waals surface area (Å²) in [7, 11) is 1.52. The second-order valence-corrected chi connectivity index (χ2v) is 3.53. The number of aromatic nitrogens is 1. The van der Waals surface area contributed by atoms with Crippen molar-refractivity contribution in [2.75, 3.05) is 7.11 Å². The molecule has 0 aliphatic carbocycles. The molecule has 0 atom stereocenters. The molecule has 1 aromatic heterocycles. The van der Waals surface area contributed by atoms with Crippen LogP contribution < -0.4 is 27.4 Å². The predicted octanol–water partition coefficient (Wildman–Crippen LogP) is -1.93. The summed E-state index contributed by atoms with van der Waals surface area (Å²) in [6, 6.07) is 11.0. The largest absolute Gasteiger partial charge is 1.00 e. The third kappa shape index (κ3) is 2.78. The fourth-order valence-electron chi connectivity index (χ4n) is 1.61. The lowest BCUT2D eigenvalue weighted by molar-refractivity contribution is -0.595. The third-order valence-electron chi connectivity index (χ3n) is 2.46. The molecule has 0 saturated heterocycles. The molecule has 5 heteroatoms. The molecule has 4 nitrogen and oxygen atoms in total. The monoisotopic (exact) mass is 264 g/mol. The van der Waals surface area contributed by atoms with Crippen LogP contribution in [0, 0.1) is 0 Å². The number of primary amides is 1. The first-order valence-corrected chi connectivity index (χ1v) is 5.17. The molecular weight excluding hydrogens is 252 g/mol. The van der Waals surface area contributed by atoms with E-state index in [1.165, 1.54) is 7.11 Å². The Balaban J connectivity index is 0.00000162. The van der Waals surface area contributed by atoms with Crippen molar-refractivity contribution in [1.82, 2.24) is 0 Å². The molecule has 94 valence electrons. The van der Waals surface area contributed by atoms with E-state index in [1.807, 2.05) is 41.2 Å². The van der Waals surface area contributed by atoms with Gasteiger partial charge in [-0.3, -0.25) is 4.79 Å². The molecule has 0 unspecified atom stereocenters. The first-order chi connectivity index (χ1) is 8.22. The van der Waals surface area contributed by atoms with Gasteiger partial charge in [-0.2, -0.15) is 4.57 Å². The van der Waals surface area contributed by atoms with Crippen LogP contribution in [0.2, 0.25) is 0 Å². The van der Waals surface area contributed by atoms with E-state index in [0.717, 1.165) is 5.69 Å². The molecule has 1 amide bonds. The molecule has 2 rings (SSSR count). The lowest BCUT2D eigenvalue weighted by Gasteiger charge is -2.05. The van der Waals surface area contributed by atoms with Crippen LogP contribution in [-0.4, -0.2) is 13.0 Å². The van der Waals surface area contributed by atoms with Gasteiger partial charge in [0, 0.05) is 18.2 Å². The zero-order chi connectivity index (χ0) is 12.3. The van der Waals surface area contributed by atoms with E-state index < -0.39 is 5.91 Å². The number of rotatable bonds is 3. The maximum atomic E-state index is 11.2. The molecule has 0 spiro atoms. The van der Waals surface area contributed by atoms with E-state index >= 15 is 0 Å².